The van der Waals surface area contributed by atoms with Gasteiger partial charge in [-0.3, -0.25) is 0 Å². The number of benzene rings is 3. The Bertz CT molecular complexity index is 699. The van der Waals surface area contributed by atoms with Crippen LogP contribution in [0.2, 0.25) is 0 Å². The van der Waals surface area contributed by atoms with Gasteiger partial charge in [0.15, 0.2) is 11.6 Å². The van der Waals surface area contributed by atoms with Crippen LogP contribution in [0.15, 0.2) is 78.9 Å². The SMILES string of the molecule is [CH2]Oc1ccc(C(c2ccccc2)c2ccccc2)cc1F. The van der Waals surface area contributed by atoms with E-state index in [2.05, 4.69) is 31.4 Å². The van der Waals surface area contributed by atoms with Crippen LogP contribution in [-0.2, 0) is 0 Å². The zero-order valence-corrected chi connectivity index (χ0v) is 12.1. The summed E-state index contributed by atoms with van der Waals surface area (Å²) in [5, 5.41) is 0. The quantitative estimate of drug-likeness (QED) is 0.602. The summed E-state index contributed by atoms with van der Waals surface area (Å²) in [6.45, 7) is 0. The van der Waals surface area contributed by atoms with Crippen molar-refractivity contribution in [3.05, 3.63) is 108 Å². The van der Waals surface area contributed by atoms with Gasteiger partial charge in [0.2, 0.25) is 0 Å². The predicted molar refractivity (Wildman–Crippen MR) is 86.2 cm³/mol. The largest absolute Gasteiger partial charge is 0.487 e. The molecule has 1 nitrogen and oxygen atoms in total. The van der Waals surface area contributed by atoms with Crippen LogP contribution in [0.5, 0.6) is 5.75 Å². The summed E-state index contributed by atoms with van der Waals surface area (Å²) >= 11 is 0. The lowest BCUT2D eigenvalue weighted by Crippen LogP contribution is -2.04. The van der Waals surface area contributed by atoms with Gasteiger partial charge in [0.1, 0.15) is 7.11 Å². The molecule has 0 fully saturated rings. The average molecular weight is 291 g/mol. The average Bonchev–Trinajstić information content (AvgIpc) is 2.57. The van der Waals surface area contributed by atoms with Gasteiger partial charge in [-0.1, -0.05) is 66.7 Å². The molecule has 0 saturated carbocycles. The standard InChI is InChI=1S/C20H16FO/c1-22-19-13-12-17(14-18(19)21)20(15-8-4-2-5-9-15)16-10-6-3-7-11-16/h2-14,20H,1H2. The Morgan fingerprint density at radius 1 is 0.727 bits per heavy atom. The van der Waals surface area contributed by atoms with Gasteiger partial charge in [-0.25, -0.2) is 4.39 Å². The van der Waals surface area contributed by atoms with Crippen molar-refractivity contribution in [2.24, 2.45) is 0 Å². The van der Waals surface area contributed by atoms with Crippen molar-refractivity contribution in [2.75, 3.05) is 0 Å². The predicted octanol–water partition coefficient (Wildman–Crippen LogP) is 5.18. The molecular weight excluding hydrogens is 275 g/mol. The van der Waals surface area contributed by atoms with Gasteiger partial charge < -0.3 is 4.74 Å². The molecule has 0 N–H and O–H groups in total. The molecule has 0 amide bonds. The van der Waals surface area contributed by atoms with Crippen molar-refractivity contribution in [3.63, 3.8) is 0 Å². The molecule has 1 radical (unpaired) electrons. The smallest absolute Gasteiger partial charge is 0.165 e. The van der Waals surface area contributed by atoms with Gasteiger partial charge in [0.05, 0.1) is 0 Å². The third-order valence-electron chi connectivity index (χ3n) is 3.71. The third kappa shape index (κ3) is 2.86. The van der Waals surface area contributed by atoms with Gasteiger partial charge in [-0.2, -0.15) is 0 Å². The summed E-state index contributed by atoms with van der Waals surface area (Å²) in [4.78, 5) is 0. The molecule has 0 aliphatic carbocycles. The highest BCUT2D eigenvalue weighted by atomic mass is 19.1. The molecule has 3 aromatic carbocycles. The second kappa shape index (κ2) is 6.44. The molecule has 0 bridgehead atoms. The summed E-state index contributed by atoms with van der Waals surface area (Å²) in [5.74, 6) is -0.260. The highest BCUT2D eigenvalue weighted by Gasteiger charge is 2.18. The first-order chi connectivity index (χ1) is 10.8. The first kappa shape index (κ1) is 14.3. The molecule has 109 valence electrons. The zero-order chi connectivity index (χ0) is 15.4. The fourth-order valence-corrected chi connectivity index (χ4v) is 2.68. The lowest BCUT2D eigenvalue weighted by Gasteiger charge is -2.19. The highest BCUT2D eigenvalue weighted by molar-refractivity contribution is 5.44. The minimum absolute atomic E-state index is 0.0178. The Balaban J connectivity index is 2.12. The summed E-state index contributed by atoms with van der Waals surface area (Å²) in [7, 11) is 3.27. The molecule has 0 aliphatic heterocycles. The van der Waals surface area contributed by atoms with Crippen molar-refractivity contribution in [1.82, 2.24) is 0 Å². The minimum Gasteiger partial charge on any atom is -0.487 e. The Hall–Kier alpha value is -2.61. The minimum atomic E-state index is -0.399. The van der Waals surface area contributed by atoms with E-state index in [0.29, 0.717) is 0 Å². The summed E-state index contributed by atoms with van der Waals surface area (Å²) in [5.41, 5.74) is 3.13. The molecule has 0 spiro atoms. The van der Waals surface area contributed by atoms with Crippen LogP contribution in [-0.4, -0.2) is 0 Å². The maximum atomic E-state index is 14.1. The molecule has 2 heteroatoms. The molecular formula is C20H16FO. The molecule has 0 heterocycles. The number of hydrogen-bond donors (Lipinski definition) is 0. The summed E-state index contributed by atoms with van der Waals surface area (Å²) in [6, 6.07) is 25.2. The maximum Gasteiger partial charge on any atom is 0.165 e. The van der Waals surface area contributed by atoms with E-state index in [1.165, 1.54) is 6.07 Å². The van der Waals surface area contributed by atoms with E-state index in [-0.39, 0.29) is 11.7 Å². The lowest BCUT2D eigenvalue weighted by molar-refractivity contribution is 0.433. The second-order valence-corrected chi connectivity index (χ2v) is 5.09. The first-order valence-corrected chi connectivity index (χ1v) is 7.11. The molecule has 0 aromatic heterocycles. The molecule has 3 aromatic rings. The molecule has 0 aliphatic rings. The first-order valence-electron chi connectivity index (χ1n) is 7.11. The van der Waals surface area contributed by atoms with Crippen LogP contribution in [0, 0.1) is 12.9 Å². The van der Waals surface area contributed by atoms with E-state index in [0.717, 1.165) is 16.7 Å². The normalized spacial score (nSPS) is 10.7. The lowest BCUT2D eigenvalue weighted by atomic mass is 9.85. The Kier molecular flexibility index (Phi) is 4.19. The summed E-state index contributed by atoms with van der Waals surface area (Å²) in [6.07, 6.45) is 0. The van der Waals surface area contributed by atoms with Crippen LogP contribution in [0.4, 0.5) is 4.39 Å². The Labute approximate surface area is 130 Å². The number of halogens is 1. The number of rotatable bonds is 4. The zero-order valence-electron chi connectivity index (χ0n) is 12.1. The van der Waals surface area contributed by atoms with Crippen LogP contribution in [0.25, 0.3) is 0 Å². The van der Waals surface area contributed by atoms with E-state index in [1.807, 2.05) is 42.5 Å². The van der Waals surface area contributed by atoms with Gasteiger partial charge in [-0.15, -0.1) is 0 Å². The Morgan fingerprint density at radius 3 is 1.73 bits per heavy atom. The van der Waals surface area contributed by atoms with Crippen LogP contribution < -0.4 is 4.74 Å². The van der Waals surface area contributed by atoms with Crippen LogP contribution >= 0.6 is 0 Å². The van der Waals surface area contributed by atoms with E-state index in [1.54, 1.807) is 6.07 Å². The van der Waals surface area contributed by atoms with Crippen molar-refractivity contribution in [2.45, 2.75) is 5.92 Å². The molecule has 0 saturated heterocycles. The Morgan fingerprint density at radius 2 is 1.27 bits per heavy atom. The van der Waals surface area contributed by atoms with Gasteiger partial charge in [0, 0.05) is 5.92 Å². The molecule has 0 atom stereocenters. The van der Waals surface area contributed by atoms with Crippen molar-refractivity contribution < 1.29 is 9.13 Å². The number of ether oxygens (including phenoxy) is 1. The van der Waals surface area contributed by atoms with Crippen LogP contribution in [0.1, 0.15) is 22.6 Å². The third-order valence-corrected chi connectivity index (χ3v) is 3.71. The highest BCUT2D eigenvalue weighted by Crippen LogP contribution is 2.33. The molecule has 3 rings (SSSR count). The van der Waals surface area contributed by atoms with Crippen LogP contribution in [0.3, 0.4) is 0 Å². The van der Waals surface area contributed by atoms with E-state index in [9.17, 15) is 4.39 Å². The number of hydrogen-bond acceptors (Lipinski definition) is 1. The topological polar surface area (TPSA) is 9.23 Å². The van der Waals surface area contributed by atoms with E-state index in [4.69, 9.17) is 4.74 Å². The summed E-state index contributed by atoms with van der Waals surface area (Å²) < 4.78 is 18.8. The van der Waals surface area contributed by atoms with Gasteiger partial charge in [0.25, 0.3) is 0 Å². The van der Waals surface area contributed by atoms with Gasteiger partial charge in [-0.05, 0) is 28.8 Å². The van der Waals surface area contributed by atoms with E-state index >= 15 is 0 Å². The fourth-order valence-electron chi connectivity index (χ4n) is 2.68. The van der Waals surface area contributed by atoms with Crippen molar-refractivity contribution >= 4 is 0 Å². The monoisotopic (exact) mass is 291 g/mol. The van der Waals surface area contributed by atoms with E-state index < -0.39 is 5.82 Å². The van der Waals surface area contributed by atoms with Crippen molar-refractivity contribution in [1.29, 1.82) is 0 Å². The van der Waals surface area contributed by atoms with Gasteiger partial charge >= 0.3 is 0 Å². The molecule has 22 heavy (non-hydrogen) atoms. The van der Waals surface area contributed by atoms with Crippen molar-refractivity contribution in [3.8, 4) is 5.75 Å². The second-order valence-electron chi connectivity index (χ2n) is 5.09. The maximum absolute atomic E-state index is 14.1. The fraction of sp³-hybridized carbons (Fsp3) is 0.0500. The molecule has 0 unspecified atom stereocenters.